The van der Waals surface area contributed by atoms with E-state index in [0.29, 0.717) is 13.1 Å². The fourth-order valence-electron chi connectivity index (χ4n) is 2.94. The number of anilines is 1. The lowest BCUT2D eigenvalue weighted by Crippen LogP contribution is -2.50. The highest BCUT2D eigenvalue weighted by Crippen LogP contribution is 2.17. The highest BCUT2D eigenvalue weighted by Gasteiger charge is 2.23. The molecule has 24 heavy (non-hydrogen) atoms. The molecule has 0 saturated carbocycles. The third kappa shape index (κ3) is 3.53. The molecule has 1 fully saturated rings. The fraction of sp³-hybridized carbons (Fsp3) is 0.444. The van der Waals surface area contributed by atoms with Crippen molar-refractivity contribution in [3.63, 3.8) is 0 Å². The van der Waals surface area contributed by atoms with E-state index in [1.807, 2.05) is 48.5 Å². The third-order valence-electron chi connectivity index (χ3n) is 4.39. The Labute approximate surface area is 142 Å². The summed E-state index contributed by atoms with van der Waals surface area (Å²) in [7, 11) is 0. The van der Waals surface area contributed by atoms with Crippen molar-refractivity contribution in [2.45, 2.75) is 20.4 Å². The van der Waals surface area contributed by atoms with Crippen LogP contribution in [0.3, 0.4) is 0 Å². The first-order valence-electron chi connectivity index (χ1n) is 8.41. The van der Waals surface area contributed by atoms with E-state index >= 15 is 0 Å². The van der Waals surface area contributed by atoms with E-state index < -0.39 is 0 Å². The summed E-state index contributed by atoms with van der Waals surface area (Å²) >= 11 is 0. The van der Waals surface area contributed by atoms with E-state index in [9.17, 15) is 4.79 Å². The van der Waals surface area contributed by atoms with Crippen LogP contribution in [0.15, 0.2) is 36.7 Å². The van der Waals surface area contributed by atoms with E-state index in [1.54, 1.807) is 0 Å². The first kappa shape index (κ1) is 16.4. The molecule has 3 rings (SSSR count). The molecule has 1 aliphatic heterocycles. The molecule has 1 aromatic carbocycles. The van der Waals surface area contributed by atoms with Gasteiger partial charge in [-0.05, 0) is 25.5 Å². The van der Waals surface area contributed by atoms with Crippen LogP contribution in [0, 0.1) is 6.92 Å². The molecule has 1 saturated heterocycles. The molecule has 1 amide bonds. The second-order valence-electron chi connectivity index (χ2n) is 5.94. The highest BCUT2D eigenvalue weighted by atomic mass is 16.5. The number of hydrogen-bond acceptors (Lipinski definition) is 4. The number of carbonyl (C=O) groups excluding carboxylic acids is 1. The molecular weight excluding hydrogens is 304 g/mol. The number of aryl methyl sites for hydroxylation is 2. The molecule has 6 heteroatoms. The van der Waals surface area contributed by atoms with Gasteiger partial charge in [0, 0.05) is 45.1 Å². The van der Waals surface area contributed by atoms with Gasteiger partial charge in [-0.25, -0.2) is 4.98 Å². The molecule has 0 aliphatic carbocycles. The van der Waals surface area contributed by atoms with E-state index in [-0.39, 0.29) is 12.5 Å². The van der Waals surface area contributed by atoms with E-state index in [2.05, 4.69) is 21.4 Å². The zero-order valence-electron chi connectivity index (χ0n) is 14.3. The summed E-state index contributed by atoms with van der Waals surface area (Å²) in [6.45, 7) is 8.08. The standard InChI is InChI=1S/C18H24N4O2/c1-3-20-9-8-19-18(20)22-12-10-21(11-13-22)17(23)14-24-16-7-5-4-6-15(16)2/h4-9H,3,10-14H2,1-2H3. The summed E-state index contributed by atoms with van der Waals surface area (Å²) in [5, 5.41) is 0. The monoisotopic (exact) mass is 328 g/mol. The van der Waals surface area contributed by atoms with Crippen molar-refractivity contribution >= 4 is 11.9 Å². The second-order valence-corrected chi connectivity index (χ2v) is 5.94. The molecule has 0 bridgehead atoms. The maximum absolute atomic E-state index is 12.4. The van der Waals surface area contributed by atoms with Gasteiger partial charge in [-0.3, -0.25) is 4.79 Å². The number of benzene rings is 1. The van der Waals surface area contributed by atoms with Crippen LogP contribution in [-0.2, 0) is 11.3 Å². The fourth-order valence-corrected chi connectivity index (χ4v) is 2.94. The van der Waals surface area contributed by atoms with Crippen molar-refractivity contribution in [2.24, 2.45) is 0 Å². The molecule has 128 valence electrons. The van der Waals surface area contributed by atoms with Gasteiger partial charge < -0.3 is 19.1 Å². The molecule has 2 aromatic rings. The van der Waals surface area contributed by atoms with Gasteiger partial charge >= 0.3 is 0 Å². The largest absolute Gasteiger partial charge is 0.484 e. The van der Waals surface area contributed by atoms with Crippen molar-refractivity contribution in [3.8, 4) is 5.75 Å². The topological polar surface area (TPSA) is 50.6 Å². The van der Waals surface area contributed by atoms with E-state index in [1.165, 1.54) is 0 Å². The summed E-state index contributed by atoms with van der Waals surface area (Å²) < 4.78 is 7.79. The number of carbonyl (C=O) groups is 1. The minimum Gasteiger partial charge on any atom is -0.484 e. The Morgan fingerprint density at radius 2 is 1.96 bits per heavy atom. The third-order valence-corrected chi connectivity index (χ3v) is 4.39. The van der Waals surface area contributed by atoms with Crippen LogP contribution in [0.2, 0.25) is 0 Å². The summed E-state index contributed by atoms with van der Waals surface area (Å²) in [6, 6.07) is 7.75. The minimum atomic E-state index is 0.0386. The molecule has 1 aromatic heterocycles. The van der Waals surface area contributed by atoms with Crippen LogP contribution in [-0.4, -0.2) is 53.1 Å². The Morgan fingerprint density at radius 3 is 2.67 bits per heavy atom. The number of aromatic nitrogens is 2. The van der Waals surface area contributed by atoms with Crippen molar-refractivity contribution in [3.05, 3.63) is 42.2 Å². The van der Waals surface area contributed by atoms with E-state index in [4.69, 9.17) is 4.74 Å². The smallest absolute Gasteiger partial charge is 0.260 e. The molecule has 0 unspecified atom stereocenters. The van der Waals surface area contributed by atoms with Crippen LogP contribution < -0.4 is 9.64 Å². The van der Waals surface area contributed by atoms with Crippen LogP contribution in [0.4, 0.5) is 5.95 Å². The molecule has 2 heterocycles. The van der Waals surface area contributed by atoms with Gasteiger partial charge in [-0.2, -0.15) is 0 Å². The van der Waals surface area contributed by atoms with Crippen molar-refractivity contribution in [1.29, 1.82) is 0 Å². The van der Waals surface area contributed by atoms with Gasteiger partial charge in [0.1, 0.15) is 5.75 Å². The van der Waals surface area contributed by atoms with Gasteiger partial charge in [0.15, 0.2) is 6.61 Å². The predicted molar refractivity (Wildman–Crippen MR) is 93.4 cm³/mol. The number of hydrogen-bond donors (Lipinski definition) is 0. The maximum atomic E-state index is 12.4. The van der Waals surface area contributed by atoms with Gasteiger partial charge in [0.25, 0.3) is 5.91 Å². The Morgan fingerprint density at radius 1 is 1.21 bits per heavy atom. The maximum Gasteiger partial charge on any atom is 0.260 e. The zero-order chi connectivity index (χ0) is 16.9. The van der Waals surface area contributed by atoms with Crippen LogP contribution in [0.1, 0.15) is 12.5 Å². The average Bonchev–Trinajstić information content (AvgIpc) is 3.09. The molecule has 0 N–H and O–H groups in total. The molecule has 6 nitrogen and oxygen atoms in total. The lowest BCUT2D eigenvalue weighted by Gasteiger charge is -2.35. The summed E-state index contributed by atoms with van der Waals surface area (Å²) in [5.74, 6) is 1.80. The lowest BCUT2D eigenvalue weighted by molar-refractivity contribution is -0.133. The number of amides is 1. The zero-order valence-corrected chi connectivity index (χ0v) is 14.3. The number of rotatable bonds is 5. The summed E-state index contributed by atoms with van der Waals surface area (Å²) in [4.78, 5) is 20.9. The Balaban J connectivity index is 1.51. The molecular formula is C18H24N4O2. The molecule has 0 spiro atoms. The van der Waals surface area contributed by atoms with Gasteiger partial charge in [-0.15, -0.1) is 0 Å². The Hall–Kier alpha value is -2.50. The van der Waals surface area contributed by atoms with Gasteiger partial charge in [-0.1, -0.05) is 18.2 Å². The predicted octanol–water partition coefficient (Wildman–Crippen LogP) is 1.94. The molecule has 0 radical (unpaired) electrons. The number of nitrogens with zero attached hydrogens (tertiary/aromatic N) is 4. The van der Waals surface area contributed by atoms with Crippen molar-refractivity contribution in [2.75, 3.05) is 37.7 Å². The van der Waals surface area contributed by atoms with Crippen LogP contribution in [0.25, 0.3) is 0 Å². The quantitative estimate of drug-likeness (QED) is 0.842. The number of para-hydroxylation sites is 1. The Kier molecular flexibility index (Phi) is 5.03. The second kappa shape index (κ2) is 7.38. The van der Waals surface area contributed by atoms with Crippen LogP contribution in [0.5, 0.6) is 5.75 Å². The lowest BCUT2D eigenvalue weighted by atomic mass is 10.2. The van der Waals surface area contributed by atoms with Gasteiger partial charge in [0.05, 0.1) is 0 Å². The summed E-state index contributed by atoms with van der Waals surface area (Å²) in [6.07, 6.45) is 3.81. The average molecular weight is 328 g/mol. The van der Waals surface area contributed by atoms with Crippen molar-refractivity contribution < 1.29 is 9.53 Å². The molecule has 1 aliphatic rings. The van der Waals surface area contributed by atoms with E-state index in [0.717, 1.165) is 36.9 Å². The number of piperazine rings is 1. The summed E-state index contributed by atoms with van der Waals surface area (Å²) in [5.41, 5.74) is 1.04. The Bertz CT molecular complexity index is 690. The first-order chi connectivity index (χ1) is 11.7. The SMILES string of the molecule is CCn1ccnc1N1CCN(C(=O)COc2ccccc2C)CC1. The number of imidazole rings is 1. The minimum absolute atomic E-state index is 0.0386. The normalized spacial score (nSPS) is 14.8. The molecule has 0 atom stereocenters. The van der Waals surface area contributed by atoms with Gasteiger partial charge in [0.2, 0.25) is 5.95 Å². The van der Waals surface area contributed by atoms with Crippen molar-refractivity contribution in [1.82, 2.24) is 14.5 Å². The first-order valence-corrected chi connectivity index (χ1v) is 8.41. The number of ether oxygens (including phenoxy) is 1. The highest BCUT2D eigenvalue weighted by molar-refractivity contribution is 5.78. The van der Waals surface area contributed by atoms with Crippen LogP contribution >= 0.6 is 0 Å².